The Labute approximate surface area is 169 Å². The standard InChI is InChI=1S/C25H23I/c1-25(2)23-6-4-3-5-21(23)22-12-10-19(15-24(22)25)16-7-8-18-14-20(26)11-9-17(18)13-16/h4,6-14,24H,3,5,15H2,1-2H3. The van der Waals surface area contributed by atoms with Gasteiger partial charge in [0.2, 0.25) is 0 Å². The van der Waals surface area contributed by atoms with Gasteiger partial charge in [-0.1, -0.05) is 56.4 Å². The van der Waals surface area contributed by atoms with Crippen molar-refractivity contribution in [3.63, 3.8) is 0 Å². The molecular formula is C25H23I. The Balaban J connectivity index is 1.56. The van der Waals surface area contributed by atoms with E-state index < -0.39 is 0 Å². The highest BCUT2D eigenvalue weighted by molar-refractivity contribution is 14.1. The average Bonchev–Trinajstić information content (AvgIpc) is 2.89. The zero-order valence-electron chi connectivity index (χ0n) is 15.4. The van der Waals surface area contributed by atoms with E-state index in [0.717, 1.165) is 6.42 Å². The van der Waals surface area contributed by atoms with Crippen LogP contribution in [-0.4, -0.2) is 0 Å². The molecule has 0 heterocycles. The van der Waals surface area contributed by atoms with Crippen LogP contribution in [0.5, 0.6) is 0 Å². The Kier molecular flexibility index (Phi) is 3.79. The minimum atomic E-state index is 0.241. The maximum atomic E-state index is 2.44. The van der Waals surface area contributed by atoms with Crippen molar-refractivity contribution in [1.29, 1.82) is 0 Å². The average molecular weight is 450 g/mol. The summed E-state index contributed by atoms with van der Waals surface area (Å²) in [6, 6.07) is 13.7. The normalized spacial score (nSPS) is 23.6. The number of halogens is 1. The summed E-state index contributed by atoms with van der Waals surface area (Å²) < 4.78 is 1.30. The van der Waals surface area contributed by atoms with Gasteiger partial charge < -0.3 is 0 Å². The van der Waals surface area contributed by atoms with Crippen LogP contribution in [0.1, 0.15) is 38.7 Å². The Morgan fingerprint density at radius 1 is 1.00 bits per heavy atom. The second-order valence-corrected chi connectivity index (χ2v) is 9.58. The molecule has 0 saturated carbocycles. The molecule has 0 radical (unpaired) electrons. The van der Waals surface area contributed by atoms with Gasteiger partial charge in [-0.2, -0.15) is 0 Å². The summed E-state index contributed by atoms with van der Waals surface area (Å²) in [7, 11) is 0. The van der Waals surface area contributed by atoms with Crippen LogP contribution in [0.2, 0.25) is 0 Å². The first kappa shape index (κ1) is 16.6. The van der Waals surface area contributed by atoms with Crippen molar-refractivity contribution in [2.24, 2.45) is 11.3 Å². The summed E-state index contributed by atoms with van der Waals surface area (Å²) >= 11 is 2.39. The van der Waals surface area contributed by atoms with Crippen LogP contribution in [0.4, 0.5) is 0 Å². The molecule has 3 aliphatic rings. The molecule has 2 aromatic carbocycles. The van der Waals surface area contributed by atoms with Gasteiger partial charge >= 0.3 is 0 Å². The van der Waals surface area contributed by atoms with Gasteiger partial charge in [-0.3, -0.25) is 0 Å². The van der Waals surface area contributed by atoms with Gasteiger partial charge in [0.1, 0.15) is 0 Å². The minimum absolute atomic E-state index is 0.241. The Bertz CT molecular complexity index is 1040. The van der Waals surface area contributed by atoms with Crippen LogP contribution < -0.4 is 0 Å². The van der Waals surface area contributed by atoms with Crippen LogP contribution in [0.3, 0.4) is 0 Å². The van der Waals surface area contributed by atoms with Crippen LogP contribution >= 0.6 is 22.6 Å². The number of rotatable bonds is 1. The van der Waals surface area contributed by atoms with E-state index in [1.807, 2.05) is 0 Å². The third-order valence-corrected chi connectivity index (χ3v) is 7.19. The van der Waals surface area contributed by atoms with Crippen LogP contribution in [0.15, 0.2) is 77.4 Å². The molecule has 1 heteroatoms. The zero-order valence-corrected chi connectivity index (χ0v) is 17.5. The van der Waals surface area contributed by atoms with E-state index in [1.54, 1.807) is 16.7 Å². The number of hydrogen-bond donors (Lipinski definition) is 0. The molecule has 0 saturated heterocycles. The quantitative estimate of drug-likeness (QED) is 0.396. The predicted octanol–water partition coefficient (Wildman–Crippen LogP) is 7.46. The summed E-state index contributed by atoms with van der Waals surface area (Å²) in [5.74, 6) is 0.614. The highest BCUT2D eigenvalue weighted by Crippen LogP contribution is 2.57. The van der Waals surface area contributed by atoms with Gasteiger partial charge in [-0.15, -0.1) is 0 Å². The molecule has 5 rings (SSSR count). The first-order valence-corrected chi connectivity index (χ1v) is 10.6. The van der Waals surface area contributed by atoms with E-state index in [2.05, 4.69) is 97.1 Å². The van der Waals surface area contributed by atoms with Crippen molar-refractivity contribution in [2.45, 2.75) is 33.1 Å². The molecule has 2 aromatic rings. The lowest BCUT2D eigenvalue weighted by Gasteiger charge is -2.33. The van der Waals surface area contributed by atoms with E-state index in [9.17, 15) is 0 Å². The summed E-state index contributed by atoms with van der Waals surface area (Å²) in [6.07, 6.45) is 13.1. The Morgan fingerprint density at radius 2 is 1.81 bits per heavy atom. The predicted molar refractivity (Wildman–Crippen MR) is 120 cm³/mol. The van der Waals surface area contributed by atoms with Crippen LogP contribution in [0.25, 0.3) is 16.3 Å². The van der Waals surface area contributed by atoms with Crippen molar-refractivity contribution in [3.05, 3.63) is 86.6 Å². The lowest BCUT2D eigenvalue weighted by molar-refractivity contribution is 0.339. The van der Waals surface area contributed by atoms with Gasteiger partial charge in [-0.25, -0.2) is 0 Å². The number of allylic oxidation sites excluding steroid dienone is 8. The Hall–Kier alpha value is -1.61. The molecule has 0 spiro atoms. The summed E-state index contributed by atoms with van der Waals surface area (Å²) in [6.45, 7) is 4.88. The lowest BCUT2D eigenvalue weighted by atomic mass is 9.71. The Morgan fingerprint density at radius 3 is 2.69 bits per heavy atom. The van der Waals surface area contributed by atoms with E-state index in [1.165, 1.54) is 38.3 Å². The molecule has 0 N–H and O–H groups in total. The van der Waals surface area contributed by atoms with Crippen molar-refractivity contribution in [2.75, 3.05) is 0 Å². The van der Waals surface area contributed by atoms with Gasteiger partial charge in [0.05, 0.1) is 0 Å². The van der Waals surface area contributed by atoms with Crippen molar-refractivity contribution >= 4 is 38.9 Å². The molecule has 3 aliphatic carbocycles. The smallest absolute Gasteiger partial charge is 0.0136 e. The van der Waals surface area contributed by atoms with Gasteiger partial charge in [0.15, 0.2) is 0 Å². The highest BCUT2D eigenvalue weighted by atomic mass is 127. The van der Waals surface area contributed by atoms with Gasteiger partial charge in [-0.05, 0) is 110 Å². The van der Waals surface area contributed by atoms with Gasteiger partial charge in [0, 0.05) is 3.57 Å². The van der Waals surface area contributed by atoms with E-state index in [-0.39, 0.29) is 5.41 Å². The second-order valence-electron chi connectivity index (χ2n) is 8.33. The van der Waals surface area contributed by atoms with E-state index in [4.69, 9.17) is 0 Å². The molecule has 26 heavy (non-hydrogen) atoms. The molecule has 0 bridgehead atoms. The fraction of sp³-hybridized carbons (Fsp3) is 0.280. The molecular weight excluding hydrogens is 427 g/mol. The third-order valence-electron chi connectivity index (χ3n) is 6.52. The minimum Gasteiger partial charge on any atom is -0.0839 e. The first-order chi connectivity index (χ1) is 12.5. The highest BCUT2D eigenvalue weighted by Gasteiger charge is 2.44. The largest absolute Gasteiger partial charge is 0.0839 e. The molecule has 1 unspecified atom stereocenters. The summed E-state index contributed by atoms with van der Waals surface area (Å²) in [4.78, 5) is 0. The molecule has 130 valence electrons. The maximum Gasteiger partial charge on any atom is 0.0136 e. The topological polar surface area (TPSA) is 0 Å². The van der Waals surface area contributed by atoms with E-state index in [0.29, 0.717) is 5.92 Å². The fourth-order valence-electron chi connectivity index (χ4n) is 5.04. The maximum absolute atomic E-state index is 2.44. The third kappa shape index (κ3) is 2.47. The van der Waals surface area contributed by atoms with E-state index >= 15 is 0 Å². The second kappa shape index (κ2) is 5.95. The SMILES string of the molecule is CC1(C)C2=C(CCC=C2)C2=CC=C(c3ccc4cc(I)ccc4c3)CC21. The monoisotopic (exact) mass is 450 g/mol. The molecule has 0 amide bonds. The zero-order chi connectivity index (χ0) is 17.9. The van der Waals surface area contributed by atoms with Crippen molar-refractivity contribution in [1.82, 2.24) is 0 Å². The number of fused-ring (bicyclic) bond motifs is 3. The fourth-order valence-corrected chi connectivity index (χ4v) is 5.56. The summed E-state index contributed by atoms with van der Waals surface area (Å²) in [5, 5.41) is 2.67. The molecule has 0 fully saturated rings. The summed E-state index contributed by atoms with van der Waals surface area (Å²) in [5.41, 5.74) is 7.92. The number of hydrogen-bond acceptors (Lipinski definition) is 0. The first-order valence-electron chi connectivity index (χ1n) is 9.55. The molecule has 0 aliphatic heterocycles. The van der Waals surface area contributed by atoms with Crippen molar-refractivity contribution < 1.29 is 0 Å². The van der Waals surface area contributed by atoms with Crippen LogP contribution in [-0.2, 0) is 0 Å². The van der Waals surface area contributed by atoms with Gasteiger partial charge in [0.25, 0.3) is 0 Å². The molecule has 1 atom stereocenters. The molecule has 0 nitrogen and oxygen atoms in total. The lowest BCUT2D eigenvalue weighted by Crippen LogP contribution is -2.23. The molecule has 0 aromatic heterocycles. The van der Waals surface area contributed by atoms with Crippen LogP contribution in [0, 0.1) is 14.9 Å². The van der Waals surface area contributed by atoms with Crippen molar-refractivity contribution in [3.8, 4) is 0 Å². The number of benzene rings is 2.